The Kier molecular flexibility index (Phi) is 5.06. The molecule has 1 N–H and O–H groups in total. The normalized spacial score (nSPS) is 29.9. The van der Waals surface area contributed by atoms with Gasteiger partial charge >= 0.3 is 0 Å². The molecule has 1 aliphatic heterocycles. The molecule has 1 atom stereocenters. The van der Waals surface area contributed by atoms with Gasteiger partial charge in [0.05, 0.1) is 0 Å². The van der Waals surface area contributed by atoms with Gasteiger partial charge in [-0.1, -0.05) is 38.0 Å². The van der Waals surface area contributed by atoms with Crippen molar-refractivity contribution in [3.8, 4) is 0 Å². The summed E-state index contributed by atoms with van der Waals surface area (Å²) in [5.41, 5.74) is 1.54. The van der Waals surface area contributed by atoms with Crippen LogP contribution in [0.1, 0.15) is 63.5 Å². The highest BCUT2D eigenvalue weighted by Gasteiger charge is 2.26. The molecule has 0 aromatic heterocycles. The summed E-state index contributed by atoms with van der Waals surface area (Å²) in [4.78, 5) is 1.50. The molecule has 1 aromatic carbocycles. The molecule has 1 heterocycles. The minimum Gasteiger partial charge on any atom is -0.307 e. The minimum atomic E-state index is 0.597. The average molecular weight is 289 g/mol. The van der Waals surface area contributed by atoms with Crippen molar-refractivity contribution >= 4 is 11.8 Å². The van der Waals surface area contributed by atoms with Gasteiger partial charge in [-0.2, -0.15) is 0 Å². The summed E-state index contributed by atoms with van der Waals surface area (Å²) in [6, 6.07) is 10.3. The van der Waals surface area contributed by atoms with Crippen molar-refractivity contribution in [3.63, 3.8) is 0 Å². The Hall–Kier alpha value is -0.470. The van der Waals surface area contributed by atoms with E-state index in [1.807, 2.05) is 11.8 Å². The molecule has 0 saturated heterocycles. The van der Waals surface area contributed by atoms with Gasteiger partial charge < -0.3 is 5.32 Å². The first-order valence-corrected chi connectivity index (χ1v) is 9.33. The first kappa shape index (κ1) is 14.5. The molecule has 3 rings (SSSR count). The minimum absolute atomic E-state index is 0.597. The van der Waals surface area contributed by atoms with Crippen molar-refractivity contribution < 1.29 is 0 Å². The van der Waals surface area contributed by atoms with Crippen LogP contribution in [0.5, 0.6) is 0 Å². The van der Waals surface area contributed by atoms with Crippen molar-refractivity contribution in [3.05, 3.63) is 29.8 Å². The Morgan fingerprint density at radius 1 is 1.10 bits per heavy atom. The molecule has 2 heteroatoms. The van der Waals surface area contributed by atoms with Gasteiger partial charge in [0, 0.05) is 17.0 Å². The van der Waals surface area contributed by atoms with Gasteiger partial charge in [-0.25, -0.2) is 0 Å². The van der Waals surface area contributed by atoms with E-state index in [0.717, 1.165) is 12.0 Å². The Balaban J connectivity index is 1.57. The molecule has 1 aromatic rings. The number of nitrogens with one attached hydrogen (secondary N) is 1. The van der Waals surface area contributed by atoms with Crippen LogP contribution in [0, 0.1) is 5.92 Å². The number of fused-ring (bicyclic) bond motifs is 1. The van der Waals surface area contributed by atoms with Crippen LogP contribution in [0.2, 0.25) is 0 Å². The monoisotopic (exact) mass is 289 g/mol. The van der Waals surface area contributed by atoms with E-state index in [4.69, 9.17) is 0 Å². The summed E-state index contributed by atoms with van der Waals surface area (Å²) in [5.74, 6) is 2.27. The van der Waals surface area contributed by atoms with E-state index in [9.17, 15) is 0 Å². The average Bonchev–Trinajstić information content (AvgIpc) is 2.50. The second-order valence-corrected chi connectivity index (χ2v) is 7.54. The molecule has 0 bridgehead atoms. The van der Waals surface area contributed by atoms with Crippen LogP contribution in [0.3, 0.4) is 0 Å². The van der Waals surface area contributed by atoms with E-state index < -0.39 is 0 Å². The van der Waals surface area contributed by atoms with Gasteiger partial charge in [-0.3, -0.25) is 0 Å². The fourth-order valence-electron chi connectivity index (χ4n) is 3.83. The van der Waals surface area contributed by atoms with Crippen LogP contribution in [0.25, 0.3) is 0 Å². The molecule has 0 spiro atoms. The molecule has 1 fully saturated rings. The lowest BCUT2D eigenvalue weighted by atomic mass is 9.83. The van der Waals surface area contributed by atoms with Crippen molar-refractivity contribution in [2.45, 2.75) is 68.8 Å². The van der Waals surface area contributed by atoms with E-state index >= 15 is 0 Å². The SMILES string of the molecule is CCCC1CCC(NC2CCSc3ccccc32)CC1. The molecule has 1 aliphatic carbocycles. The molecule has 20 heavy (non-hydrogen) atoms. The predicted octanol–water partition coefficient (Wildman–Crippen LogP) is 5.17. The number of hydrogen-bond donors (Lipinski definition) is 1. The highest BCUT2D eigenvalue weighted by molar-refractivity contribution is 7.99. The summed E-state index contributed by atoms with van der Waals surface area (Å²) in [6.45, 7) is 2.32. The van der Waals surface area contributed by atoms with Crippen LogP contribution in [0.4, 0.5) is 0 Å². The first-order valence-electron chi connectivity index (χ1n) is 8.34. The van der Waals surface area contributed by atoms with Crippen molar-refractivity contribution in [1.82, 2.24) is 5.32 Å². The molecule has 0 amide bonds. The quantitative estimate of drug-likeness (QED) is 0.820. The van der Waals surface area contributed by atoms with E-state index in [1.165, 1.54) is 55.6 Å². The third-order valence-corrected chi connectivity index (χ3v) is 6.06. The fourth-order valence-corrected chi connectivity index (χ4v) is 4.95. The van der Waals surface area contributed by atoms with Gasteiger partial charge in [-0.05, 0) is 55.4 Å². The second-order valence-electron chi connectivity index (χ2n) is 6.40. The van der Waals surface area contributed by atoms with Gasteiger partial charge in [0.25, 0.3) is 0 Å². The van der Waals surface area contributed by atoms with Gasteiger partial charge in [0.2, 0.25) is 0 Å². The summed E-state index contributed by atoms with van der Waals surface area (Å²) >= 11 is 2.02. The van der Waals surface area contributed by atoms with Crippen LogP contribution in [-0.4, -0.2) is 11.8 Å². The molecule has 110 valence electrons. The molecule has 1 nitrogen and oxygen atoms in total. The zero-order chi connectivity index (χ0) is 13.8. The summed E-state index contributed by atoms with van der Waals surface area (Å²) in [7, 11) is 0. The lowest BCUT2D eigenvalue weighted by Crippen LogP contribution is -2.37. The Bertz CT molecular complexity index is 423. The van der Waals surface area contributed by atoms with Gasteiger partial charge in [0.1, 0.15) is 0 Å². The summed E-state index contributed by atoms with van der Waals surface area (Å²) in [6.07, 6.45) is 9.73. The van der Waals surface area contributed by atoms with Crippen LogP contribution >= 0.6 is 11.8 Å². The highest BCUT2D eigenvalue weighted by Crippen LogP contribution is 2.37. The third-order valence-electron chi connectivity index (χ3n) is 4.94. The highest BCUT2D eigenvalue weighted by atomic mass is 32.2. The van der Waals surface area contributed by atoms with Crippen LogP contribution < -0.4 is 5.32 Å². The smallest absolute Gasteiger partial charge is 0.0341 e. The zero-order valence-corrected chi connectivity index (χ0v) is 13.4. The first-order chi connectivity index (χ1) is 9.86. The number of thioether (sulfide) groups is 1. The van der Waals surface area contributed by atoms with E-state index in [2.05, 4.69) is 36.5 Å². The van der Waals surface area contributed by atoms with E-state index in [-0.39, 0.29) is 0 Å². The van der Waals surface area contributed by atoms with E-state index in [1.54, 1.807) is 5.56 Å². The van der Waals surface area contributed by atoms with Crippen LogP contribution in [0.15, 0.2) is 29.2 Å². The molecular formula is C18H27NS. The Morgan fingerprint density at radius 2 is 1.90 bits per heavy atom. The standard InChI is InChI=1S/C18H27NS/c1-2-5-14-8-10-15(11-9-14)19-17-12-13-20-18-7-4-3-6-16(17)18/h3-4,6-7,14-15,17,19H,2,5,8-13H2,1H3. The molecule has 0 radical (unpaired) electrons. The summed E-state index contributed by atoms with van der Waals surface area (Å²) in [5, 5.41) is 3.96. The maximum Gasteiger partial charge on any atom is 0.0341 e. The van der Waals surface area contributed by atoms with Gasteiger partial charge in [-0.15, -0.1) is 11.8 Å². The van der Waals surface area contributed by atoms with E-state index in [0.29, 0.717) is 6.04 Å². The maximum atomic E-state index is 3.96. The Morgan fingerprint density at radius 3 is 2.70 bits per heavy atom. The lowest BCUT2D eigenvalue weighted by molar-refractivity contribution is 0.260. The van der Waals surface area contributed by atoms with Crippen LogP contribution in [-0.2, 0) is 0 Å². The molecule has 1 unspecified atom stereocenters. The number of rotatable bonds is 4. The largest absolute Gasteiger partial charge is 0.307 e. The fraction of sp³-hybridized carbons (Fsp3) is 0.667. The number of hydrogen-bond acceptors (Lipinski definition) is 2. The van der Waals surface area contributed by atoms with Crippen molar-refractivity contribution in [2.24, 2.45) is 5.92 Å². The molecular weight excluding hydrogens is 262 g/mol. The van der Waals surface area contributed by atoms with Gasteiger partial charge in [0.15, 0.2) is 0 Å². The maximum absolute atomic E-state index is 3.96. The number of benzene rings is 1. The third kappa shape index (κ3) is 3.40. The van der Waals surface area contributed by atoms with Crippen molar-refractivity contribution in [2.75, 3.05) is 5.75 Å². The topological polar surface area (TPSA) is 12.0 Å². The predicted molar refractivity (Wildman–Crippen MR) is 88.3 cm³/mol. The second kappa shape index (κ2) is 7.00. The molecule has 1 saturated carbocycles. The Labute approximate surface area is 127 Å². The lowest BCUT2D eigenvalue weighted by Gasteiger charge is -2.34. The molecule has 2 aliphatic rings. The summed E-state index contributed by atoms with van der Waals surface area (Å²) < 4.78 is 0. The van der Waals surface area contributed by atoms with Crippen molar-refractivity contribution in [1.29, 1.82) is 0 Å². The zero-order valence-electron chi connectivity index (χ0n) is 12.6.